The third-order valence-electron chi connectivity index (χ3n) is 5.20. The van der Waals surface area contributed by atoms with Gasteiger partial charge in [0.25, 0.3) is 5.91 Å². The van der Waals surface area contributed by atoms with Crippen LogP contribution in [-0.2, 0) is 28.7 Å². The molecule has 0 radical (unpaired) electrons. The number of imidazole rings is 1. The summed E-state index contributed by atoms with van der Waals surface area (Å²) >= 11 is 0. The standard InChI is InChI=1S/C22H27N3O5S/c1-5-6-11-31(28,29)20-13-18-17(24(3)22(27)25(18)4)12-16(20)23-21(26)14-30-19-10-8-7-9-15(19)2/h7-10,12-13H,5-6,11,14H2,1-4H3,(H,23,26). The summed E-state index contributed by atoms with van der Waals surface area (Å²) in [5.74, 6) is 0.0445. The molecule has 0 saturated carbocycles. The van der Waals surface area contributed by atoms with Crippen LogP contribution in [0.2, 0.25) is 0 Å². The molecule has 3 rings (SSSR count). The molecule has 8 nitrogen and oxygen atoms in total. The summed E-state index contributed by atoms with van der Waals surface area (Å²) in [6, 6.07) is 10.3. The molecule has 0 atom stereocenters. The molecule has 1 N–H and O–H groups in total. The Bertz CT molecular complexity index is 1290. The van der Waals surface area contributed by atoms with Crippen molar-refractivity contribution in [3.8, 4) is 5.75 Å². The molecule has 9 heteroatoms. The number of aromatic nitrogens is 2. The van der Waals surface area contributed by atoms with E-state index in [1.165, 1.54) is 21.3 Å². The number of nitrogens with zero attached hydrogens (tertiary/aromatic N) is 2. The molecule has 0 aliphatic rings. The lowest BCUT2D eigenvalue weighted by molar-refractivity contribution is -0.118. The number of anilines is 1. The molecule has 0 fully saturated rings. The van der Waals surface area contributed by atoms with Gasteiger partial charge in [-0.15, -0.1) is 0 Å². The molecule has 0 aliphatic heterocycles. The lowest BCUT2D eigenvalue weighted by Crippen LogP contribution is -2.22. The van der Waals surface area contributed by atoms with E-state index in [1.54, 1.807) is 20.2 Å². The molecule has 2 aromatic carbocycles. The molecule has 166 valence electrons. The fourth-order valence-electron chi connectivity index (χ4n) is 3.37. The highest BCUT2D eigenvalue weighted by atomic mass is 32.2. The molecule has 0 saturated heterocycles. The van der Waals surface area contributed by atoms with Gasteiger partial charge in [0.1, 0.15) is 5.75 Å². The van der Waals surface area contributed by atoms with Gasteiger partial charge in [-0.2, -0.15) is 0 Å². The first-order valence-electron chi connectivity index (χ1n) is 10.1. The molecule has 1 amide bonds. The largest absolute Gasteiger partial charge is 0.483 e. The number of unbranched alkanes of at least 4 members (excludes halogenated alkanes) is 1. The minimum absolute atomic E-state index is 0.00103. The number of hydrogen-bond donors (Lipinski definition) is 1. The number of ether oxygens (including phenoxy) is 1. The molecular weight excluding hydrogens is 418 g/mol. The van der Waals surface area contributed by atoms with Crippen LogP contribution >= 0.6 is 0 Å². The maximum atomic E-state index is 13.0. The molecule has 31 heavy (non-hydrogen) atoms. The second-order valence-corrected chi connectivity index (χ2v) is 9.59. The Balaban J connectivity index is 1.98. The van der Waals surface area contributed by atoms with E-state index < -0.39 is 15.7 Å². The van der Waals surface area contributed by atoms with Gasteiger partial charge in [-0.3, -0.25) is 13.9 Å². The molecule has 1 aromatic heterocycles. The molecule has 0 bridgehead atoms. The number of fused-ring (bicyclic) bond motifs is 1. The predicted octanol–water partition coefficient (Wildman–Crippen LogP) is 2.78. The number of benzene rings is 2. The third-order valence-corrected chi connectivity index (χ3v) is 7.04. The molecule has 3 aromatic rings. The third kappa shape index (κ3) is 4.66. The molecule has 0 aliphatic carbocycles. The van der Waals surface area contributed by atoms with Crippen molar-refractivity contribution in [2.24, 2.45) is 14.1 Å². The van der Waals surface area contributed by atoms with E-state index in [0.717, 1.165) is 12.0 Å². The summed E-state index contributed by atoms with van der Waals surface area (Å²) in [7, 11) is -0.480. The predicted molar refractivity (Wildman–Crippen MR) is 120 cm³/mol. The molecule has 0 unspecified atom stereocenters. The minimum Gasteiger partial charge on any atom is -0.483 e. The van der Waals surface area contributed by atoms with Crippen LogP contribution in [0.4, 0.5) is 5.69 Å². The van der Waals surface area contributed by atoms with E-state index >= 15 is 0 Å². The summed E-state index contributed by atoms with van der Waals surface area (Å²) in [4.78, 5) is 24.9. The highest BCUT2D eigenvalue weighted by Gasteiger charge is 2.23. The second kappa shape index (κ2) is 8.97. The fraction of sp³-hybridized carbons (Fsp3) is 0.364. The Kier molecular flexibility index (Phi) is 6.54. The maximum Gasteiger partial charge on any atom is 0.328 e. The zero-order valence-electron chi connectivity index (χ0n) is 18.1. The average molecular weight is 446 g/mol. The summed E-state index contributed by atoms with van der Waals surface area (Å²) in [5, 5.41) is 2.66. The van der Waals surface area contributed by atoms with Crippen molar-refractivity contribution in [3.63, 3.8) is 0 Å². The number of nitrogens with one attached hydrogen (secondary N) is 1. The molecule has 0 spiro atoms. The Morgan fingerprint density at radius 3 is 2.39 bits per heavy atom. The maximum absolute atomic E-state index is 13.0. The topological polar surface area (TPSA) is 99.4 Å². The van der Waals surface area contributed by atoms with Gasteiger partial charge >= 0.3 is 5.69 Å². The van der Waals surface area contributed by atoms with E-state index in [2.05, 4.69) is 5.32 Å². The first-order valence-corrected chi connectivity index (χ1v) is 11.7. The van der Waals surface area contributed by atoms with Gasteiger partial charge in [0.15, 0.2) is 16.4 Å². The van der Waals surface area contributed by atoms with E-state index in [4.69, 9.17) is 4.74 Å². The number of carbonyl (C=O) groups is 1. The monoisotopic (exact) mass is 445 g/mol. The van der Waals surface area contributed by atoms with Crippen LogP contribution in [0.5, 0.6) is 5.75 Å². The van der Waals surface area contributed by atoms with Crippen LogP contribution in [0.25, 0.3) is 11.0 Å². The summed E-state index contributed by atoms with van der Waals surface area (Å²) in [5.41, 5.74) is 1.76. The van der Waals surface area contributed by atoms with Crippen molar-refractivity contribution < 1.29 is 17.9 Å². The van der Waals surface area contributed by atoms with Crippen LogP contribution in [0.3, 0.4) is 0 Å². The number of carbonyl (C=O) groups excluding carboxylic acids is 1. The average Bonchev–Trinajstić information content (AvgIpc) is 2.95. The molecular formula is C22H27N3O5S. The number of rotatable bonds is 8. The van der Waals surface area contributed by atoms with Crippen molar-refractivity contribution in [2.75, 3.05) is 17.7 Å². The van der Waals surface area contributed by atoms with Crippen LogP contribution in [0, 0.1) is 6.92 Å². The van der Waals surface area contributed by atoms with E-state index in [0.29, 0.717) is 23.2 Å². The lowest BCUT2D eigenvalue weighted by atomic mass is 10.2. The van der Waals surface area contributed by atoms with Crippen LogP contribution in [-0.4, -0.2) is 35.8 Å². The zero-order valence-corrected chi connectivity index (χ0v) is 19.0. The fourth-order valence-corrected chi connectivity index (χ4v) is 5.00. The number of para-hydroxylation sites is 1. The van der Waals surface area contributed by atoms with Crippen molar-refractivity contribution in [2.45, 2.75) is 31.6 Å². The Labute approximate surface area is 181 Å². The van der Waals surface area contributed by atoms with Crippen molar-refractivity contribution in [1.29, 1.82) is 0 Å². The van der Waals surface area contributed by atoms with E-state index in [9.17, 15) is 18.0 Å². The van der Waals surface area contributed by atoms with Gasteiger partial charge in [-0.1, -0.05) is 31.5 Å². The number of amides is 1. The second-order valence-electron chi connectivity index (χ2n) is 7.51. The van der Waals surface area contributed by atoms with Gasteiger partial charge in [0.05, 0.1) is 27.4 Å². The highest BCUT2D eigenvalue weighted by molar-refractivity contribution is 7.91. The van der Waals surface area contributed by atoms with Crippen LogP contribution in [0.15, 0.2) is 46.1 Å². The smallest absolute Gasteiger partial charge is 0.328 e. The lowest BCUT2D eigenvalue weighted by Gasteiger charge is -2.14. The van der Waals surface area contributed by atoms with Gasteiger partial charge < -0.3 is 10.1 Å². The summed E-state index contributed by atoms with van der Waals surface area (Å²) < 4.78 is 34.4. The number of aryl methyl sites for hydroxylation is 3. The summed E-state index contributed by atoms with van der Waals surface area (Å²) in [6.45, 7) is 3.51. The Morgan fingerprint density at radius 2 is 1.74 bits per heavy atom. The van der Waals surface area contributed by atoms with E-state index in [-0.39, 0.29) is 28.6 Å². The summed E-state index contributed by atoms with van der Waals surface area (Å²) in [6.07, 6.45) is 1.22. The normalized spacial score (nSPS) is 11.6. The first kappa shape index (κ1) is 22.6. The number of hydrogen-bond acceptors (Lipinski definition) is 5. The minimum atomic E-state index is -3.66. The van der Waals surface area contributed by atoms with Crippen molar-refractivity contribution >= 4 is 32.5 Å². The highest BCUT2D eigenvalue weighted by Crippen LogP contribution is 2.29. The van der Waals surface area contributed by atoms with Crippen molar-refractivity contribution in [1.82, 2.24) is 9.13 Å². The Morgan fingerprint density at radius 1 is 1.10 bits per heavy atom. The number of sulfone groups is 1. The first-order chi connectivity index (χ1) is 14.7. The van der Waals surface area contributed by atoms with Crippen LogP contribution in [0.1, 0.15) is 25.3 Å². The van der Waals surface area contributed by atoms with Gasteiger partial charge in [0.2, 0.25) is 0 Å². The Hall–Kier alpha value is -3.07. The van der Waals surface area contributed by atoms with Gasteiger partial charge in [-0.05, 0) is 37.1 Å². The van der Waals surface area contributed by atoms with E-state index in [1.807, 2.05) is 32.0 Å². The van der Waals surface area contributed by atoms with Gasteiger partial charge in [0, 0.05) is 14.1 Å². The SMILES string of the molecule is CCCCS(=O)(=O)c1cc2c(cc1NC(=O)COc1ccccc1C)n(C)c(=O)n2C. The van der Waals surface area contributed by atoms with Crippen molar-refractivity contribution in [3.05, 3.63) is 52.4 Å². The van der Waals surface area contributed by atoms with Crippen LogP contribution < -0.4 is 15.7 Å². The van der Waals surface area contributed by atoms with Gasteiger partial charge in [-0.25, -0.2) is 13.2 Å². The zero-order chi connectivity index (χ0) is 22.8. The quantitative estimate of drug-likeness (QED) is 0.575. The molecule has 1 heterocycles.